The molecule has 0 unspecified atom stereocenters. The van der Waals surface area contributed by atoms with E-state index in [2.05, 4.69) is 25.0 Å². The topological polar surface area (TPSA) is 98.9 Å². The first-order valence-electron chi connectivity index (χ1n) is 14.0. The maximum Gasteiger partial charge on any atom is 0.314 e. The summed E-state index contributed by atoms with van der Waals surface area (Å²) in [6.07, 6.45) is 2.99. The maximum atomic E-state index is 14.4. The highest BCUT2D eigenvalue weighted by atomic mass is 19.3. The van der Waals surface area contributed by atoms with Crippen molar-refractivity contribution in [1.82, 2.24) is 25.0 Å². The van der Waals surface area contributed by atoms with Crippen molar-refractivity contribution in [3.63, 3.8) is 0 Å². The highest BCUT2D eigenvalue weighted by Crippen LogP contribution is 2.34. The fraction of sp³-hybridized carbons (Fsp3) is 0.483. The average Bonchev–Trinajstić information content (AvgIpc) is 3.51. The number of carbonyl (C=O) groups excluding carboxylic acids is 2. The minimum atomic E-state index is -2.87. The lowest BCUT2D eigenvalue weighted by atomic mass is 9.96. The van der Waals surface area contributed by atoms with E-state index in [4.69, 9.17) is 4.42 Å². The molecule has 0 radical (unpaired) electrons. The number of pyridine rings is 1. The number of likely N-dealkylation sites (tertiary alicyclic amines) is 2. The van der Waals surface area contributed by atoms with Crippen LogP contribution in [0.4, 0.5) is 24.5 Å². The van der Waals surface area contributed by atoms with Crippen LogP contribution in [0, 0.1) is 5.82 Å². The summed E-state index contributed by atoms with van der Waals surface area (Å²) >= 11 is 0. The SMILES string of the molecule is CC(=O)N1CCC(N2CCC(N(C)c3ccc(F)cc3N(C=O)Cc3ccc(-c4nnc(C(F)F)o4)cn3)CC2)CC1. The summed E-state index contributed by atoms with van der Waals surface area (Å²) < 4.78 is 45.0. The minimum absolute atomic E-state index is 0.0671. The molecule has 5 rings (SSSR count). The summed E-state index contributed by atoms with van der Waals surface area (Å²) in [6, 6.07) is 8.32. The number of amides is 2. The zero-order valence-corrected chi connectivity index (χ0v) is 23.6. The van der Waals surface area contributed by atoms with Crippen molar-refractivity contribution in [2.45, 2.75) is 57.7 Å². The Labute approximate surface area is 242 Å². The molecule has 2 aromatic heterocycles. The summed E-state index contributed by atoms with van der Waals surface area (Å²) in [5.74, 6) is -1.19. The zero-order valence-electron chi connectivity index (χ0n) is 23.6. The van der Waals surface area contributed by atoms with Crippen LogP contribution in [-0.2, 0) is 16.1 Å². The molecule has 2 saturated heterocycles. The molecule has 42 heavy (non-hydrogen) atoms. The van der Waals surface area contributed by atoms with Gasteiger partial charge in [-0.05, 0) is 56.0 Å². The van der Waals surface area contributed by atoms with Gasteiger partial charge in [0.15, 0.2) is 0 Å². The van der Waals surface area contributed by atoms with Gasteiger partial charge in [-0.3, -0.25) is 14.6 Å². The van der Waals surface area contributed by atoms with Gasteiger partial charge in [-0.1, -0.05) is 0 Å². The molecule has 2 fully saturated rings. The van der Waals surface area contributed by atoms with Crippen molar-refractivity contribution in [3.8, 4) is 11.5 Å². The molecule has 4 heterocycles. The highest BCUT2D eigenvalue weighted by molar-refractivity contribution is 5.84. The van der Waals surface area contributed by atoms with Crippen molar-refractivity contribution < 1.29 is 27.2 Å². The molecular weight excluding hydrogens is 551 g/mol. The van der Waals surface area contributed by atoms with E-state index in [-0.39, 0.29) is 24.4 Å². The lowest BCUT2D eigenvalue weighted by Gasteiger charge is -2.44. The third-order valence-corrected chi connectivity index (χ3v) is 8.26. The number of aromatic nitrogens is 3. The van der Waals surface area contributed by atoms with E-state index in [1.807, 2.05) is 11.9 Å². The first-order chi connectivity index (χ1) is 20.2. The third-order valence-electron chi connectivity index (χ3n) is 8.26. The second kappa shape index (κ2) is 12.9. The fourth-order valence-electron chi connectivity index (χ4n) is 5.84. The standard InChI is InChI=1S/C29H34F3N7O3/c1-19(41)37-11-9-24(10-12-37)38-13-7-23(8-14-38)36(2)25-6-4-21(30)15-26(25)39(18-40)17-22-5-3-20(16-33-22)28-34-35-29(42-28)27(31)32/h3-6,15-16,18,23-24,27H,7-14,17H2,1-2H3. The molecule has 10 nitrogen and oxygen atoms in total. The van der Waals surface area contributed by atoms with E-state index < -0.39 is 18.1 Å². The molecule has 0 aliphatic carbocycles. The number of piperidine rings is 2. The van der Waals surface area contributed by atoms with Crippen molar-refractivity contribution in [1.29, 1.82) is 0 Å². The van der Waals surface area contributed by atoms with Crippen LogP contribution in [0.3, 0.4) is 0 Å². The second-order valence-electron chi connectivity index (χ2n) is 10.8. The molecule has 1 aromatic carbocycles. The van der Waals surface area contributed by atoms with E-state index in [0.717, 1.165) is 57.5 Å². The van der Waals surface area contributed by atoms with Gasteiger partial charge < -0.3 is 24.0 Å². The fourth-order valence-corrected chi connectivity index (χ4v) is 5.84. The predicted octanol–water partition coefficient (Wildman–Crippen LogP) is 4.28. The van der Waals surface area contributed by atoms with E-state index >= 15 is 0 Å². The van der Waals surface area contributed by atoms with Crippen LogP contribution in [0.2, 0.25) is 0 Å². The highest BCUT2D eigenvalue weighted by Gasteiger charge is 2.31. The number of halogens is 3. The molecule has 2 aliphatic heterocycles. The van der Waals surface area contributed by atoms with Crippen LogP contribution in [0.15, 0.2) is 40.9 Å². The molecule has 0 saturated carbocycles. The van der Waals surface area contributed by atoms with Crippen LogP contribution >= 0.6 is 0 Å². The van der Waals surface area contributed by atoms with Gasteiger partial charge in [0.2, 0.25) is 18.2 Å². The van der Waals surface area contributed by atoms with Gasteiger partial charge in [-0.2, -0.15) is 8.78 Å². The Kier molecular flexibility index (Phi) is 9.05. The second-order valence-corrected chi connectivity index (χ2v) is 10.8. The van der Waals surface area contributed by atoms with Crippen molar-refractivity contribution >= 4 is 23.7 Å². The smallest absolute Gasteiger partial charge is 0.314 e. The summed E-state index contributed by atoms with van der Waals surface area (Å²) in [7, 11) is 1.97. The first kappa shape index (κ1) is 29.5. The van der Waals surface area contributed by atoms with Crippen LogP contribution in [0.25, 0.3) is 11.5 Å². The van der Waals surface area contributed by atoms with Crippen LogP contribution in [0.1, 0.15) is 50.6 Å². The number of alkyl halides is 2. The van der Waals surface area contributed by atoms with Crippen molar-refractivity contribution in [3.05, 3.63) is 53.9 Å². The van der Waals surface area contributed by atoms with Gasteiger partial charge in [-0.25, -0.2) is 4.39 Å². The molecule has 224 valence electrons. The van der Waals surface area contributed by atoms with Crippen LogP contribution in [-0.4, -0.2) is 82.6 Å². The molecular formula is C29H34F3N7O3. The van der Waals surface area contributed by atoms with Gasteiger partial charge in [0.1, 0.15) is 5.82 Å². The van der Waals surface area contributed by atoms with Crippen LogP contribution in [0.5, 0.6) is 0 Å². The molecule has 0 spiro atoms. The van der Waals surface area contributed by atoms with E-state index in [1.165, 1.54) is 23.2 Å². The lowest BCUT2D eigenvalue weighted by molar-refractivity contribution is -0.130. The number of anilines is 2. The molecule has 2 aliphatic rings. The molecule has 0 atom stereocenters. The number of nitrogens with zero attached hydrogens (tertiary/aromatic N) is 7. The van der Waals surface area contributed by atoms with E-state index in [1.54, 1.807) is 25.1 Å². The summed E-state index contributed by atoms with van der Waals surface area (Å²) in [6.45, 7) is 5.16. The Balaban J connectivity index is 1.24. The number of benzene rings is 1. The van der Waals surface area contributed by atoms with Crippen molar-refractivity contribution in [2.75, 3.05) is 43.0 Å². The summed E-state index contributed by atoms with van der Waals surface area (Å²) in [4.78, 5) is 36.2. The normalized spacial score (nSPS) is 17.0. The number of hydrogen-bond donors (Lipinski definition) is 0. The van der Waals surface area contributed by atoms with Gasteiger partial charge in [0.25, 0.3) is 5.89 Å². The Morgan fingerprint density at radius 1 is 1.07 bits per heavy atom. The van der Waals surface area contributed by atoms with Gasteiger partial charge in [0, 0.05) is 58.4 Å². The van der Waals surface area contributed by atoms with Crippen molar-refractivity contribution in [2.24, 2.45) is 0 Å². The Morgan fingerprint density at radius 3 is 2.40 bits per heavy atom. The first-order valence-corrected chi connectivity index (χ1v) is 14.0. The number of hydrogen-bond acceptors (Lipinski definition) is 8. The van der Waals surface area contributed by atoms with E-state index in [9.17, 15) is 22.8 Å². The Bertz CT molecular complexity index is 1370. The Morgan fingerprint density at radius 2 is 1.81 bits per heavy atom. The molecule has 2 amide bonds. The largest absolute Gasteiger partial charge is 0.415 e. The predicted molar refractivity (Wildman–Crippen MR) is 149 cm³/mol. The zero-order chi connectivity index (χ0) is 29.8. The maximum absolute atomic E-state index is 14.4. The van der Waals surface area contributed by atoms with Crippen LogP contribution < -0.4 is 9.80 Å². The minimum Gasteiger partial charge on any atom is -0.415 e. The van der Waals surface area contributed by atoms with Gasteiger partial charge >= 0.3 is 6.43 Å². The average molecular weight is 586 g/mol. The molecule has 3 aromatic rings. The number of rotatable bonds is 9. The third kappa shape index (κ3) is 6.56. The monoisotopic (exact) mass is 585 g/mol. The van der Waals surface area contributed by atoms with Gasteiger partial charge in [0.05, 0.1) is 29.2 Å². The molecule has 13 heteroatoms. The number of carbonyl (C=O) groups is 2. The van der Waals surface area contributed by atoms with Gasteiger partial charge in [-0.15, -0.1) is 10.2 Å². The summed E-state index contributed by atoms with van der Waals surface area (Å²) in [5.41, 5.74) is 2.02. The Hall–Kier alpha value is -4.00. The summed E-state index contributed by atoms with van der Waals surface area (Å²) in [5, 5.41) is 6.94. The van der Waals surface area contributed by atoms with E-state index in [0.29, 0.717) is 29.4 Å². The molecule has 0 N–H and O–H groups in total. The lowest BCUT2D eigenvalue weighted by Crippen LogP contribution is -2.51. The molecule has 0 bridgehead atoms. The quantitative estimate of drug-likeness (QED) is 0.343.